The normalized spacial score (nSPS) is 28.8. The third-order valence-corrected chi connectivity index (χ3v) is 5.13. The van der Waals surface area contributed by atoms with Crippen molar-refractivity contribution in [2.24, 2.45) is 11.8 Å². The second kappa shape index (κ2) is 7.28. The predicted octanol–water partition coefficient (Wildman–Crippen LogP) is 3.53. The van der Waals surface area contributed by atoms with E-state index in [0.29, 0.717) is 18.3 Å². The molecule has 3 heteroatoms. The van der Waals surface area contributed by atoms with Gasteiger partial charge < -0.3 is 10.0 Å². The van der Waals surface area contributed by atoms with Crippen LogP contribution < -0.4 is 0 Å². The first-order chi connectivity index (χ1) is 9.16. The van der Waals surface area contributed by atoms with Crippen LogP contribution in [0.1, 0.15) is 64.7 Å². The van der Waals surface area contributed by atoms with Gasteiger partial charge in [-0.1, -0.05) is 32.6 Å². The largest absolute Gasteiger partial charge is 0.481 e. The fourth-order valence-corrected chi connectivity index (χ4v) is 3.90. The molecule has 0 aromatic rings. The van der Waals surface area contributed by atoms with Crippen LogP contribution in [0.5, 0.6) is 0 Å². The molecule has 0 aromatic carbocycles. The van der Waals surface area contributed by atoms with E-state index in [1.165, 1.54) is 57.9 Å². The Hall–Kier alpha value is -0.570. The summed E-state index contributed by atoms with van der Waals surface area (Å²) in [5, 5.41) is 8.95. The number of carboxylic acid groups (broad SMARTS) is 1. The van der Waals surface area contributed by atoms with Gasteiger partial charge in [-0.3, -0.25) is 4.79 Å². The summed E-state index contributed by atoms with van der Waals surface area (Å²) in [5.41, 5.74) is 0. The molecule has 3 nitrogen and oxygen atoms in total. The van der Waals surface area contributed by atoms with Gasteiger partial charge in [-0.15, -0.1) is 0 Å². The van der Waals surface area contributed by atoms with Crippen LogP contribution in [-0.4, -0.2) is 35.1 Å². The molecule has 1 heterocycles. The van der Waals surface area contributed by atoms with E-state index in [1.807, 2.05) is 0 Å². The minimum atomic E-state index is -0.640. The highest BCUT2D eigenvalue weighted by Gasteiger charge is 2.29. The first kappa shape index (κ1) is 14.8. The monoisotopic (exact) mass is 267 g/mol. The van der Waals surface area contributed by atoms with Gasteiger partial charge in [0.25, 0.3) is 0 Å². The zero-order valence-corrected chi connectivity index (χ0v) is 12.3. The summed E-state index contributed by atoms with van der Waals surface area (Å²) >= 11 is 0. The fourth-order valence-electron chi connectivity index (χ4n) is 3.90. The Balaban J connectivity index is 1.86. The molecule has 1 saturated heterocycles. The SMILES string of the molecule is CC(CC(=O)O)C1CCCN(C2CCCCCC2)C1. The average Bonchev–Trinajstić information content (AvgIpc) is 2.67. The molecule has 1 aliphatic carbocycles. The number of carboxylic acids is 1. The minimum Gasteiger partial charge on any atom is -0.481 e. The van der Waals surface area contributed by atoms with Crippen molar-refractivity contribution in [3.63, 3.8) is 0 Å². The van der Waals surface area contributed by atoms with Crippen molar-refractivity contribution in [2.45, 2.75) is 70.8 Å². The molecule has 0 radical (unpaired) electrons. The van der Waals surface area contributed by atoms with E-state index < -0.39 is 5.97 Å². The summed E-state index contributed by atoms with van der Waals surface area (Å²) in [6.07, 6.45) is 11.1. The summed E-state index contributed by atoms with van der Waals surface area (Å²) in [6.45, 7) is 4.50. The maximum atomic E-state index is 10.9. The highest BCUT2D eigenvalue weighted by molar-refractivity contribution is 5.67. The Bertz CT molecular complexity index is 284. The molecule has 2 unspecified atom stereocenters. The molecular formula is C16H29NO2. The van der Waals surface area contributed by atoms with Gasteiger partial charge in [0.15, 0.2) is 0 Å². The Morgan fingerprint density at radius 3 is 2.47 bits per heavy atom. The van der Waals surface area contributed by atoms with E-state index in [2.05, 4.69) is 11.8 Å². The van der Waals surface area contributed by atoms with Gasteiger partial charge >= 0.3 is 5.97 Å². The molecule has 0 bridgehead atoms. The summed E-state index contributed by atoms with van der Waals surface area (Å²) < 4.78 is 0. The van der Waals surface area contributed by atoms with Gasteiger partial charge in [-0.05, 0) is 44.1 Å². The number of piperidine rings is 1. The van der Waals surface area contributed by atoms with Crippen LogP contribution in [0.3, 0.4) is 0 Å². The lowest BCUT2D eigenvalue weighted by molar-refractivity contribution is -0.138. The number of carbonyl (C=O) groups is 1. The number of likely N-dealkylation sites (tertiary alicyclic amines) is 1. The number of rotatable bonds is 4. The van der Waals surface area contributed by atoms with Gasteiger partial charge in [0, 0.05) is 19.0 Å². The highest BCUT2D eigenvalue weighted by Crippen LogP contribution is 2.30. The minimum absolute atomic E-state index is 0.325. The van der Waals surface area contributed by atoms with Crippen LogP contribution in [0.25, 0.3) is 0 Å². The second-order valence-corrected chi connectivity index (χ2v) is 6.62. The Morgan fingerprint density at radius 1 is 1.16 bits per heavy atom. The standard InChI is InChI=1S/C16H29NO2/c1-13(11-16(18)19)14-7-6-10-17(12-14)15-8-4-2-3-5-9-15/h13-15H,2-12H2,1H3,(H,18,19). The summed E-state index contributed by atoms with van der Waals surface area (Å²) in [7, 11) is 0. The van der Waals surface area contributed by atoms with E-state index >= 15 is 0 Å². The number of nitrogens with zero attached hydrogens (tertiary/aromatic N) is 1. The smallest absolute Gasteiger partial charge is 0.303 e. The molecule has 0 aromatic heterocycles. The molecule has 110 valence electrons. The van der Waals surface area contributed by atoms with E-state index in [0.717, 1.165) is 12.6 Å². The van der Waals surface area contributed by atoms with Gasteiger partial charge in [0.1, 0.15) is 0 Å². The van der Waals surface area contributed by atoms with Crippen molar-refractivity contribution in [3.8, 4) is 0 Å². The van der Waals surface area contributed by atoms with Crippen LogP contribution in [-0.2, 0) is 4.79 Å². The molecular weight excluding hydrogens is 238 g/mol. The van der Waals surface area contributed by atoms with E-state index in [9.17, 15) is 4.79 Å². The highest BCUT2D eigenvalue weighted by atomic mass is 16.4. The molecule has 2 atom stereocenters. The predicted molar refractivity (Wildman–Crippen MR) is 77.2 cm³/mol. The lowest BCUT2D eigenvalue weighted by Gasteiger charge is -2.40. The summed E-state index contributed by atoms with van der Waals surface area (Å²) in [6, 6.07) is 0.780. The maximum absolute atomic E-state index is 10.9. The van der Waals surface area contributed by atoms with Crippen LogP contribution >= 0.6 is 0 Å². The third-order valence-electron chi connectivity index (χ3n) is 5.13. The van der Waals surface area contributed by atoms with Gasteiger partial charge in [-0.25, -0.2) is 0 Å². The van der Waals surface area contributed by atoms with E-state index in [-0.39, 0.29) is 0 Å². The molecule has 19 heavy (non-hydrogen) atoms. The number of hydrogen-bond donors (Lipinski definition) is 1. The molecule has 2 rings (SSSR count). The molecule has 2 aliphatic rings. The van der Waals surface area contributed by atoms with Crippen molar-refractivity contribution in [3.05, 3.63) is 0 Å². The fraction of sp³-hybridized carbons (Fsp3) is 0.938. The first-order valence-electron chi connectivity index (χ1n) is 8.12. The van der Waals surface area contributed by atoms with E-state index in [4.69, 9.17) is 5.11 Å². The number of hydrogen-bond acceptors (Lipinski definition) is 2. The van der Waals surface area contributed by atoms with Crippen molar-refractivity contribution in [2.75, 3.05) is 13.1 Å². The van der Waals surface area contributed by atoms with Crippen LogP contribution in [0.15, 0.2) is 0 Å². The topological polar surface area (TPSA) is 40.5 Å². The average molecular weight is 267 g/mol. The number of aliphatic carboxylic acids is 1. The zero-order chi connectivity index (χ0) is 13.7. The molecule has 1 N–H and O–H groups in total. The van der Waals surface area contributed by atoms with Gasteiger partial charge in [-0.2, -0.15) is 0 Å². The third kappa shape index (κ3) is 4.48. The van der Waals surface area contributed by atoms with Crippen molar-refractivity contribution in [1.82, 2.24) is 4.90 Å². The van der Waals surface area contributed by atoms with Crippen molar-refractivity contribution < 1.29 is 9.90 Å². The first-order valence-corrected chi connectivity index (χ1v) is 8.12. The Morgan fingerprint density at radius 2 is 1.84 bits per heavy atom. The van der Waals surface area contributed by atoms with Crippen LogP contribution in [0.4, 0.5) is 0 Å². The quantitative estimate of drug-likeness (QED) is 0.792. The summed E-state index contributed by atoms with van der Waals surface area (Å²) in [4.78, 5) is 13.5. The van der Waals surface area contributed by atoms with Gasteiger partial charge in [0.05, 0.1) is 0 Å². The molecule has 0 spiro atoms. The van der Waals surface area contributed by atoms with Crippen molar-refractivity contribution in [1.29, 1.82) is 0 Å². The maximum Gasteiger partial charge on any atom is 0.303 e. The lowest BCUT2D eigenvalue weighted by atomic mass is 9.84. The second-order valence-electron chi connectivity index (χ2n) is 6.62. The molecule has 1 saturated carbocycles. The Kier molecular flexibility index (Phi) is 5.68. The lowest BCUT2D eigenvalue weighted by Crippen LogP contribution is -2.44. The summed E-state index contributed by atoms with van der Waals surface area (Å²) in [5.74, 6) is 0.276. The molecule has 2 fully saturated rings. The molecule has 1 aliphatic heterocycles. The van der Waals surface area contributed by atoms with Crippen molar-refractivity contribution >= 4 is 5.97 Å². The zero-order valence-electron chi connectivity index (χ0n) is 12.3. The van der Waals surface area contributed by atoms with Crippen LogP contribution in [0, 0.1) is 11.8 Å². The molecule has 0 amide bonds. The Labute approximate surface area is 117 Å². The van der Waals surface area contributed by atoms with E-state index in [1.54, 1.807) is 0 Å². The van der Waals surface area contributed by atoms with Crippen LogP contribution in [0.2, 0.25) is 0 Å². The van der Waals surface area contributed by atoms with Gasteiger partial charge in [0.2, 0.25) is 0 Å².